The SMILES string of the molecule is CCC1(CC)CC(NCCC2CC2)CCO1. The van der Waals surface area contributed by atoms with Crippen molar-refractivity contribution < 1.29 is 4.74 Å². The summed E-state index contributed by atoms with van der Waals surface area (Å²) in [5.41, 5.74) is 0.176. The van der Waals surface area contributed by atoms with Gasteiger partial charge in [-0.05, 0) is 44.6 Å². The monoisotopic (exact) mass is 225 g/mol. The van der Waals surface area contributed by atoms with E-state index in [1.807, 2.05) is 0 Å². The van der Waals surface area contributed by atoms with Gasteiger partial charge in [-0.25, -0.2) is 0 Å². The predicted octanol–water partition coefficient (Wildman–Crippen LogP) is 3.11. The van der Waals surface area contributed by atoms with Crippen LogP contribution in [0.5, 0.6) is 0 Å². The molecule has 1 aliphatic carbocycles. The van der Waals surface area contributed by atoms with Gasteiger partial charge in [0.2, 0.25) is 0 Å². The minimum Gasteiger partial charge on any atom is -0.375 e. The Morgan fingerprint density at radius 3 is 2.56 bits per heavy atom. The van der Waals surface area contributed by atoms with Gasteiger partial charge in [0.05, 0.1) is 5.60 Å². The first kappa shape index (κ1) is 12.4. The Kier molecular flexibility index (Phi) is 4.26. The van der Waals surface area contributed by atoms with Gasteiger partial charge in [0.15, 0.2) is 0 Å². The van der Waals surface area contributed by atoms with Gasteiger partial charge in [-0.3, -0.25) is 0 Å². The number of ether oxygens (including phenoxy) is 1. The summed E-state index contributed by atoms with van der Waals surface area (Å²) in [6.07, 6.45) is 9.07. The number of nitrogens with one attached hydrogen (secondary N) is 1. The van der Waals surface area contributed by atoms with E-state index in [0.29, 0.717) is 6.04 Å². The van der Waals surface area contributed by atoms with E-state index in [0.717, 1.165) is 25.4 Å². The fraction of sp³-hybridized carbons (Fsp3) is 1.00. The summed E-state index contributed by atoms with van der Waals surface area (Å²) in [5, 5.41) is 3.74. The molecule has 1 aliphatic heterocycles. The lowest BCUT2D eigenvalue weighted by Crippen LogP contribution is -2.46. The molecule has 0 amide bonds. The van der Waals surface area contributed by atoms with Gasteiger partial charge in [0.1, 0.15) is 0 Å². The van der Waals surface area contributed by atoms with Gasteiger partial charge in [-0.2, -0.15) is 0 Å². The van der Waals surface area contributed by atoms with E-state index < -0.39 is 0 Å². The van der Waals surface area contributed by atoms with E-state index in [2.05, 4.69) is 19.2 Å². The molecule has 2 rings (SSSR count). The van der Waals surface area contributed by atoms with E-state index >= 15 is 0 Å². The number of rotatable bonds is 6. The predicted molar refractivity (Wildman–Crippen MR) is 67.6 cm³/mol. The molecule has 0 spiro atoms. The minimum atomic E-state index is 0.176. The van der Waals surface area contributed by atoms with E-state index in [9.17, 15) is 0 Å². The second-order valence-electron chi connectivity index (χ2n) is 5.61. The van der Waals surface area contributed by atoms with Crippen LogP contribution >= 0.6 is 0 Å². The third-order valence-corrected chi connectivity index (χ3v) is 4.46. The third-order valence-electron chi connectivity index (χ3n) is 4.46. The highest BCUT2D eigenvalue weighted by Gasteiger charge is 2.34. The van der Waals surface area contributed by atoms with Crippen LogP contribution in [0.25, 0.3) is 0 Å². The lowest BCUT2D eigenvalue weighted by molar-refractivity contribution is -0.0929. The van der Waals surface area contributed by atoms with Crippen molar-refractivity contribution in [2.75, 3.05) is 13.2 Å². The van der Waals surface area contributed by atoms with Crippen LogP contribution in [0, 0.1) is 5.92 Å². The second-order valence-corrected chi connectivity index (χ2v) is 5.61. The maximum Gasteiger partial charge on any atom is 0.0692 e. The summed E-state index contributed by atoms with van der Waals surface area (Å²) in [6, 6.07) is 0.701. The first-order valence-corrected chi connectivity index (χ1v) is 7.15. The second kappa shape index (κ2) is 5.50. The van der Waals surface area contributed by atoms with Crippen LogP contribution < -0.4 is 5.32 Å². The smallest absolute Gasteiger partial charge is 0.0692 e. The average Bonchev–Trinajstić information content (AvgIpc) is 3.13. The summed E-state index contributed by atoms with van der Waals surface area (Å²) >= 11 is 0. The van der Waals surface area contributed by atoms with Gasteiger partial charge < -0.3 is 10.1 Å². The molecule has 1 atom stereocenters. The average molecular weight is 225 g/mol. The van der Waals surface area contributed by atoms with Gasteiger partial charge in [-0.15, -0.1) is 0 Å². The molecule has 2 fully saturated rings. The van der Waals surface area contributed by atoms with Crippen molar-refractivity contribution in [3.05, 3.63) is 0 Å². The number of hydrogen-bond donors (Lipinski definition) is 1. The molecule has 94 valence electrons. The highest BCUT2D eigenvalue weighted by Crippen LogP contribution is 2.33. The zero-order valence-corrected chi connectivity index (χ0v) is 10.9. The van der Waals surface area contributed by atoms with Crippen LogP contribution in [0.3, 0.4) is 0 Å². The van der Waals surface area contributed by atoms with Crippen molar-refractivity contribution in [1.29, 1.82) is 0 Å². The standard InChI is InChI=1S/C14H27NO/c1-3-14(4-2)11-13(8-10-16-14)15-9-7-12-5-6-12/h12-13,15H,3-11H2,1-2H3. The van der Waals surface area contributed by atoms with E-state index in [4.69, 9.17) is 4.74 Å². The first-order valence-electron chi connectivity index (χ1n) is 7.15. The highest BCUT2D eigenvalue weighted by atomic mass is 16.5. The molecule has 0 aromatic rings. The van der Waals surface area contributed by atoms with Crippen LogP contribution in [0.4, 0.5) is 0 Å². The van der Waals surface area contributed by atoms with Crippen LogP contribution in [0.1, 0.15) is 58.8 Å². The Balaban J connectivity index is 1.71. The highest BCUT2D eigenvalue weighted by molar-refractivity contribution is 4.88. The number of hydrogen-bond acceptors (Lipinski definition) is 2. The van der Waals surface area contributed by atoms with Crippen molar-refractivity contribution in [1.82, 2.24) is 5.32 Å². The maximum atomic E-state index is 5.99. The summed E-state index contributed by atoms with van der Waals surface area (Å²) < 4.78 is 5.99. The Morgan fingerprint density at radius 2 is 1.94 bits per heavy atom. The molecule has 1 heterocycles. The fourth-order valence-electron chi connectivity index (χ4n) is 2.84. The molecule has 0 aromatic heterocycles. The lowest BCUT2D eigenvalue weighted by Gasteiger charge is -2.40. The quantitative estimate of drug-likeness (QED) is 0.750. The van der Waals surface area contributed by atoms with Crippen LogP contribution in [0.15, 0.2) is 0 Å². The summed E-state index contributed by atoms with van der Waals surface area (Å²) in [4.78, 5) is 0. The molecule has 1 saturated heterocycles. The first-order chi connectivity index (χ1) is 7.78. The van der Waals surface area contributed by atoms with Crippen molar-refractivity contribution in [2.45, 2.75) is 70.4 Å². The molecular formula is C14H27NO. The molecule has 0 radical (unpaired) electrons. The third kappa shape index (κ3) is 3.21. The van der Waals surface area contributed by atoms with Crippen molar-refractivity contribution >= 4 is 0 Å². The summed E-state index contributed by atoms with van der Waals surface area (Å²) in [7, 11) is 0. The van der Waals surface area contributed by atoms with E-state index in [-0.39, 0.29) is 5.60 Å². The molecule has 0 bridgehead atoms. The molecule has 0 aromatic carbocycles. The Morgan fingerprint density at radius 1 is 1.19 bits per heavy atom. The zero-order valence-electron chi connectivity index (χ0n) is 10.9. The van der Waals surface area contributed by atoms with E-state index in [1.165, 1.54) is 38.6 Å². The van der Waals surface area contributed by atoms with Gasteiger partial charge in [0, 0.05) is 12.6 Å². The van der Waals surface area contributed by atoms with Crippen LogP contribution in [-0.2, 0) is 4.74 Å². The largest absolute Gasteiger partial charge is 0.375 e. The van der Waals surface area contributed by atoms with Crippen LogP contribution in [-0.4, -0.2) is 24.8 Å². The zero-order chi connectivity index (χ0) is 11.4. The Bertz CT molecular complexity index is 209. The maximum absolute atomic E-state index is 5.99. The topological polar surface area (TPSA) is 21.3 Å². The Hall–Kier alpha value is -0.0800. The van der Waals surface area contributed by atoms with Crippen LogP contribution in [0.2, 0.25) is 0 Å². The summed E-state index contributed by atoms with van der Waals surface area (Å²) in [5.74, 6) is 1.05. The fourth-order valence-corrected chi connectivity index (χ4v) is 2.84. The molecule has 2 heteroatoms. The molecule has 1 saturated carbocycles. The summed E-state index contributed by atoms with van der Waals surface area (Å²) in [6.45, 7) is 6.69. The molecule has 2 nitrogen and oxygen atoms in total. The van der Waals surface area contributed by atoms with Gasteiger partial charge in [-0.1, -0.05) is 26.7 Å². The molecular weight excluding hydrogens is 198 g/mol. The van der Waals surface area contributed by atoms with E-state index in [1.54, 1.807) is 0 Å². The normalized spacial score (nSPS) is 29.2. The van der Waals surface area contributed by atoms with Crippen molar-refractivity contribution in [3.63, 3.8) is 0 Å². The minimum absolute atomic E-state index is 0.176. The van der Waals surface area contributed by atoms with Gasteiger partial charge >= 0.3 is 0 Å². The molecule has 16 heavy (non-hydrogen) atoms. The molecule has 1 N–H and O–H groups in total. The molecule has 2 aliphatic rings. The van der Waals surface area contributed by atoms with Crippen molar-refractivity contribution in [2.24, 2.45) is 5.92 Å². The lowest BCUT2D eigenvalue weighted by atomic mass is 9.86. The Labute approximate surface area is 100 Å². The molecule has 1 unspecified atom stereocenters. The van der Waals surface area contributed by atoms with Gasteiger partial charge in [0.25, 0.3) is 0 Å². The van der Waals surface area contributed by atoms with Crippen molar-refractivity contribution in [3.8, 4) is 0 Å².